The van der Waals surface area contributed by atoms with Gasteiger partial charge in [0.25, 0.3) is 0 Å². The van der Waals surface area contributed by atoms with E-state index in [1.54, 1.807) is 0 Å². The highest BCUT2D eigenvalue weighted by Gasteiger charge is 2.56. The first-order chi connectivity index (χ1) is 7.34. The fourth-order valence-corrected chi connectivity index (χ4v) is 4.27. The van der Waals surface area contributed by atoms with Gasteiger partial charge in [-0.2, -0.15) is 0 Å². The summed E-state index contributed by atoms with van der Waals surface area (Å²) in [5, 5.41) is 0.404. The summed E-state index contributed by atoms with van der Waals surface area (Å²) in [6.07, 6.45) is 0.363. The van der Waals surface area contributed by atoms with Crippen molar-refractivity contribution in [2.45, 2.75) is 50.7 Å². The SMILES string of the molecule is CC(C)(C)[Si](C)(C)[C@H]1O[C@@H]1c1ccccc1. The van der Waals surface area contributed by atoms with Crippen LogP contribution in [0.4, 0.5) is 0 Å². The molecule has 16 heavy (non-hydrogen) atoms. The maximum atomic E-state index is 5.96. The minimum atomic E-state index is -1.34. The zero-order valence-corrected chi connectivity index (χ0v) is 11.9. The van der Waals surface area contributed by atoms with Gasteiger partial charge in [0.2, 0.25) is 0 Å². The number of epoxide rings is 1. The van der Waals surface area contributed by atoms with E-state index in [2.05, 4.69) is 64.2 Å². The van der Waals surface area contributed by atoms with E-state index in [0.29, 0.717) is 16.9 Å². The van der Waals surface area contributed by atoms with Gasteiger partial charge < -0.3 is 4.74 Å². The summed E-state index contributed by atoms with van der Waals surface area (Å²) in [6, 6.07) is 10.6. The fourth-order valence-electron chi connectivity index (χ4n) is 1.98. The van der Waals surface area contributed by atoms with Gasteiger partial charge in [-0.05, 0) is 10.6 Å². The second kappa shape index (κ2) is 3.71. The lowest BCUT2D eigenvalue weighted by molar-refractivity contribution is 0.397. The highest BCUT2D eigenvalue weighted by molar-refractivity contribution is 6.82. The van der Waals surface area contributed by atoms with Crippen molar-refractivity contribution in [3.63, 3.8) is 0 Å². The van der Waals surface area contributed by atoms with Crippen molar-refractivity contribution in [3.8, 4) is 0 Å². The number of hydrogen-bond donors (Lipinski definition) is 0. The summed E-state index contributed by atoms with van der Waals surface area (Å²) in [5.41, 5.74) is 1.84. The van der Waals surface area contributed by atoms with E-state index in [0.717, 1.165) is 0 Å². The highest BCUT2D eigenvalue weighted by Crippen LogP contribution is 2.52. The molecule has 1 saturated heterocycles. The van der Waals surface area contributed by atoms with Crippen molar-refractivity contribution in [3.05, 3.63) is 35.9 Å². The molecular formula is C14H22OSi. The molecule has 0 amide bonds. The molecule has 2 rings (SSSR count). The molecule has 1 heterocycles. The summed E-state index contributed by atoms with van der Waals surface area (Å²) in [7, 11) is -1.34. The van der Waals surface area contributed by atoms with Gasteiger partial charge in [-0.15, -0.1) is 0 Å². The monoisotopic (exact) mass is 234 g/mol. The first-order valence-corrected chi connectivity index (χ1v) is 9.12. The second-order valence-corrected chi connectivity index (χ2v) is 11.9. The van der Waals surface area contributed by atoms with Crippen LogP contribution < -0.4 is 0 Å². The second-order valence-electron chi connectivity index (χ2n) is 6.36. The molecule has 1 nitrogen and oxygen atoms in total. The Morgan fingerprint density at radius 1 is 1.06 bits per heavy atom. The van der Waals surface area contributed by atoms with Crippen LogP contribution in [0.25, 0.3) is 0 Å². The summed E-state index contributed by atoms with van der Waals surface area (Å²) < 4.78 is 5.96. The minimum Gasteiger partial charge on any atom is -0.368 e. The lowest BCUT2D eigenvalue weighted by Gasteiger charge is -2.35. The first-order valence-electron chi connectivity index (χ1n) is 6.04. The highest BCUT2D eigenvalue weighted by atomic mass is 28.3. The molecule has 1 aromatic carbocycles. The first kappa shape index (κ1) is 11.9. The van der Waals surface area contributed by atoms with Crippen LogP contribution in [-0.4, -0.2) is 13.8 Å². The van der Waals surface area contributed by atoms with E-state index in [9.17, 15) is 0 Å². The number of benzene rings is 1. The summed E-state index contributed by atoms with van der Waals surface area (Å²) in [4.78, 5) is 0. The van der Waals surface area contributed by atoms with Crippen LogP contribution in [0.3, 0.4) is 0 Å². The molecular weight excluding hydrogens is 212 g/mol. The molecule has 1 aromatic rings. The van der Waals surface area contributed by atoms with Gasteiger partial charge in [0, 0.05) is 0 Å². The lowest BCUT2D eigenvalue weighted by Crippen LogP contribution is -2.43. The summed E-state index contributed by atoms with van der Waals surface area (Å²) >= 11 is 0. The van der Waals surface area contributed by atoms with E-state index in [4.69, 9.17) is 4.74 Å². The number of rotatable bonds is 2. The Labute approximate surface area is 99.8 Å². The van der Waals surface area contributed by atoms with Gasteiger partial charge in [-0.1, -0.05) is 64.2 Å². The molecule has 0 aliphatic carbocycles. The van der Waals surface area contributed by atoms with E-state index in [-0.39, 0.29) is 0 Å². The maximum Gasteiger partial charge on any atom is 0.106 e. The summed E-state index contributed by atoms with van der Waals surface area (Å²) in [6.45, 7) is 11.9. The third-order valence-electron chi connectivity index (χ3n) is 4.26. The maximum absolute atomic E-state index is 5.96. The fraction of sp³-hybridized carbons (Fsp3) is 0.571. The Kier molecular flexibility index (Phi) is 2.75. The van der Waals surface area contributed by atoms with E-state index in [1.807, 2.05) is 0 Å². The van der Waals surface area contributed by atoms with E-state index < -0.39 is 8.07 Å². The van der Waals surface area contributed by atoms with Crippen LogP contribution in [0.15, 0.2) is 30.3 Å². The zero-order valence-electron chi connectivity index (χ0n) is 10.9. The quantitative estimate of drug-likeness (QED) is 0.552. The number of hydrogen-bond acceptors (Lipinski definition) is 1. The molecule has 1 aliphatic heterocycles. The molecule has 0 spiro atoms. The van der Waals surface area contributed by atoms with E-state index >= 15 is 0 Å². The third kappa shape index (κ3) is 1.96. The molecule has 0 bridgehead atoms. The number of ether oxygens (including phenoxy) is 1. The van der Waals surface area contributed by atoms with Gasteiger partial charge >= 0.3 is 0 Å². The Morgan fingerprint density at radius 3 is 2.12 bits per heavy atom. The molecule has 0 unspecified atom stereocenters. The Morgan fingerprint density at radius 2 is 1.62 bits per heavy atom. The molecule has 0 aromatic heterocycles. The van der Waals surface area contributed by atoms with Crippen LogP contribution in [0.1, 0.15) is 32.4 Å². The van der Waals surface area contributed by atoms with Crippen molar-refractivity contribution in [1.29, 1.82) is 0 Å². The van der Waals surface area contributed by atoms with Gasteiger partial charge in [0.05, 0.1) is 13.8 Å². The average Bonchev–Trinajstić information content (AvgIpc) is 2.97. The molecule has 0 N–H and O–H groups in total. The molecule has 2 atom stereocenters. The van der Waals surface area contributed by atoms with Crippen molar-refractivity contribution in [2.75, 3.05) is 0 Å². The molecule has 2 heteroatoms. The van der Waals surface area contributed by atoms with Crippen molar-refractivity contribution in [2.24, 2.45) is 0 Å². The minimum absolute atomic E-state index is 0.363. The van der Waals surface area contributed by atoms with Crippen LogP contribution in [0, 0.1) is 0 Å². The topological polar surface area (TPSA) is 12.5 Å². The normalized spacial score (nSPS) is 25.6. The van der Waals surface area contributed by atoms with E-state index in [1.165, 1.54) is 5.56 Å². The average molecular weight is 234 g/mol. The standard InChI is InChI=1S/C14H22OSi/c1-14(2,3)16(4,5)13-12(15-13)11-9-7-6-8-10-11/h6-10,12-13H,1-5H3/t12-,13-/m1/s1. The summed E-state index contributed by atoms with van der Waals surface area (Å²) in [5.74, 6) is 0. The zero-order chi connectivity index (χ0) is 12.0. The van der Waals surface area contributed by atoms with Crippen LogP contribution in [-0.2, 0) is 4.74 Å². The Hall–Kier alpha value is -0.603. The predicted octanol–water partition coefficient (Wildman–Crippen LogP) is 4.17. The molecule has 1 aliphatic rings. The smallest absolute Gasteiger partial charge is 0.106 e. The van der Waals surface area contributed by atoms with Crippen LogP contribution >= 0.6 is 0 Å². The van der Waals surface area contributed by atoms with Crippen molar-refractivity contribution >= 4 is 8.07 Å². The molecule has 88 valence electrons. The molecule has 1 fully saturated rings. The van der Waals surface area contributed by atoms with Gasteiger partial charge in [-0.25, -0.2) is 0 Å². The van der Waals surface area contributed by atoms with Gasteiger partial charge in [0.1, 0.15) is 6.10 Å². The molecule has 0 saturated carbocycles. The van der Waals surface area contributed by atoms with Gasteiger partial charge in [0.15, 0.2) is 0 Å². The Balaban J connectivity index is 2.13. The largest absolute Gasteiger partial charge is 0.368 e. The third-order valence-corrected chi connectivity index (χ3v) is 9.99. The predicted molar refractivity (Wildman–Crippen MR) is 71.3 cm³/mol. The van der Waals surface area contributed by atoms with Crippen LogP contribution in [0.2, 0.25) is 18.1 Å². The van der Waals surface area contributed by atoms with Crippen LogP contribution in [0.5, 0.6) is 0 Å². The lowest BCUT2D eigenvalue weighted by atomic mass is 10.2. The Bertz CT molecular complexity index is 364. The molecule has 0 radical (unpaired) electrons. The van der Waals surface area contributed by atoms with Crippen molar-refractivity contribution < 1.29 is 4.74 Å². The van der Waals surface area contributed by atoms with Crippen molar-refractivity contribution in [1.82, 2.24) is 0 Å². The van der Waals surface area contributed by atoms with Gasteiger partial charge in [-0.3, -0.25) is 0 Å².